The molecule has 1 N–H and O–H groups in total. The van der Waals surface area contributed by atoms with E-state index in [1.54, 1.807) is 12.1 Å². The Morgan fingerprint density at radius 3 is 2.40 bits per heavy atom. The summed E-state index contributed by atoms with van der Waals surface area (Å²) in [7, 11) is 0. The van der Waals surface area contributed by atoms with Gasteiger partial charge in [-0.15, -0.1) is 0 Å². The molecule has 0 heterocycles. The van der Waals surface area contributed by atoms with Gasteiger partial charge in [-0.25, -0.2) is 13.6 Å². The van der Waals surface area contributed by atoms with Gasteiger partial charge in [0, 0.05) is 0 Å². The van der Waals surface area contributed by atoms with Crippen LogP contribution >= 0.6 is 0 Å². The molecule has 0 unspecified atom stereocenters. The largest absolute Gasteiger partial charge is 0.478 e. The maximum atomic E-state index is 12.8. The fourth-order valence-electron chi connectivity index (χ4n) is 1.84. The molecule has 0 saturated heterocycles. The van der Waals surface area contributed by atoms with E-state index < -0.39 is 17.8 Å². The Bertz CT molecular complexity index is 397. The summed E-state index contributed by atoms with van der Waals surface area (Å²) in [6.45, 7) is 0. The van der Waals surface area contributed by atoms with Crippen LogP contribution in [0.3, 0.4) is 0 Å². The summed E-state index contributed by atoms with van der Waals surface area (Å²) >= 11 is 0. The van der Waals surface area contributed by atoms with Crippen molar-refractivity contribution in [2.24, 2.45) is 0 Å². The average molecular weight is 212 g/mol. The number of halogens is 2. The fraction of sp³-hybridized carbons (Fsp3) is 0.364. The number of carboxylic acid groups (broad SMARTS) is 1. The molecule has 80 valence electrons. The van der Waals surface area contributed by atoms with Gasteiger partial charge >= 0.3 is 5.97 Å². The third-order valence-electron chi connectivity index (χ3n) is 2.90. The summed E-state index contributed by atoms with van der Waals surface area (Å²) in [5, 5.41) is 8.89. The molecule has 1 fully saturated rings. The van der Waals surface area contributed by atoms with Crippen LogP contribution in [-0.2, 0) is 5.41 Å². The van der Waals surface area contributed by atoms with E-state index in [9.17, 15) is 13.6 Å². The van der Waals surface area contributed by atoms with Crippen LogP contribution < -0.4 is 0 Å². The van der Waals surface area contributed by atoms with Crippen LogP contribution in [0.15, 0.2) is 24.3 Å². The quantitative estimate of drug-likeness (QED) is 0.836. The van der Waals surface area contributed by atoms with Gasteiger partial charge in [-0.3, -0.25) is 0 Å². The molecule has 1 aliphatic rings. The van der Waals surface area contributed by atoms with E-state index in [1.807, 2.05) is 0 Å². The number of aromatic carboxylic acids is 1. The Morgan fingerprint density at radius 2 is 1.93 bits per heavy atom. The van der Waals surface area contributed by atoms with Gasteiger partial charge in [0.05, 0.1) is 11.0 Å². The first-order valence-corrected chi connectivity index (χ1v) is 4.69. The van der Waals surface area contributed by atoms with Crippen LogP contribution in [-0.4, -0.2) is 17.5 Å². The first-order valence-electron chi connectivity index (χ1n) is 4.69. The second kappa shape index (κ2) is 3.29. The lowest BCUT2D eigenvalue weighted by molar-refractivity contribution is 0.0687. The topological polar surface area (TPSA) is 37.3 Å². The molecule has 15 heavy (non-hydrogen) atoms. The van der Waals surface area contributed by atoms with Crippen LogP contribution in [0.5, 0.6) is 0 Å². The Balaban J connectivity index is 2.49. The van der Waals surface area contributed by atoms with Crippen molar-refractivity contribution >= 4 is 5.97 Å². The van der Waals surface area contributed by atoms with E-state index in [0.29, 0.717) is 12.8 Å². The fourth-order valence-corrected chi connectivity index (χ4v) is 1.84. The molecule has 1 aromatic carbocycles. The summed E-state index contributed by atoms with van der Waals surface area (Å²) in [5.74, 6) is -1.14. The molecule has 0 bridgehead atoms. The van der Waals surface area contributed by atoms with Gasteiger partial charge in [0.1, 0.15) is 0 Å². The third kappa shape index (κ3) is 1.50. The Kier molecular flexibility index (Phi) is 2.21. The SMILES string of the molecule is O=C(O)c1ccccc1C1(C(F)F)CC1. The van der Waals surface area contributed by atoms with Crippen molar-refractivity contribution in [1.29, 1.82) is 0 Å². The molecule has 1 aromatic rings. The maximum Gasteiger partial charge on any atom is 0.335 e. The van der Waals surface area contributed by atoms with Crippen LogP contribution in [0.2, 0.25) is 0 Å². The average Bonchev–Trinajstić information content (AvgIpc) is 2.98. The molecule has 0 aliphatic heterocycles. The van der Waals surface area contributed by atoms with E-state index in [4.69, 9.17) is 5.11 Å². The molecule has 4 heteroatoms. The normalized spacial score (nSPS) is 17.8. The Labute approximate surface area is 85.5 Å². The van der Waals surface area contributed by atoms with Crippen molar-refractivity contribution in [2.45, 2.75) is 24.7 Å². The van der Waals surface area contributed by atoms with E-state index in [2.05, 4.69) is 0 Å². The molecular formula is C11H10F2O2. The van der Waals surface area contributed by atoms with Crippen molar-refractivity contribution < 1.29 is 18.7 Å². The first kappa shape index (κ1) is 10.1. The highest BCUT2D eigenvalue weighted by Crippen LogP contribution is 2.53. The summed E-state index contributed by atoms with van der Waals surface area (Å²) in [6.07, 6.45) is -1.75. The van der Waals surface area contributed by atoms with E-state index in [1.165, 1.54) is 12.1 Å². The lowest BCUT2D eigenvalue weighted by atomic mass is 9.92. The first-order chi connectivity index (χ1) is 7.08. The van der Waals surface area contributed by atoms with Crippen molar-refractivity contribution in [3.05, 3.63) is 35.4 Å². The number of carboxylic acids is 1. The minimum Gasteiger partial charge on any atom is -0.478 e. The lowest BCUT2D eigenvalue weighted by Crippen LogP contribution is -2.20. The zero-order valence-electron chi connectivity index (χ0n) is 7.91. The van der Waals surface area contributed by atoms with Crippen molar-refractivity contribution in [3.8, 4) is 0 Å². The lowest BCUT2D eigenvalue weighted by Gasteiger charge is -2.16. The highest BCUT2D eigenvalue weighted by molar-refractivity contribution is 5.90. The number of benzene rings is 1. The van der Waals surface area contributed by atoms with E-state index >= 15 is 0 Å². The highest BCUT2D eigenvalue weighted by atomic mass is 19.3. The number of alkyl halides is 2. The van der Waals surface area contributed by atoms with Crippen molar-refractivity contribution in [3.63, 3.8) is 0 Å². The Morgan fingerprint density at radius 1 is 1.33 bits per heavy atom. The van der Waals surface area contributed by atoms with Crippen molar-refractivity contribution in [2.75, 3.05) is 0 Å². The standard InChI is InChI=1S/C11H10F2O2/c12-10(13)11(5-6-11)8-4-2-1-3-7(8)9(14)15/h1-4,10H,5-6H2,(H,14,15). The number of rotatable bonds is 3. The van der Waals surface area contributed by atoms with Gasteiger partial charge in [0.25, 0.3) is 0 Å². The smallest absolute Gasteiger partial charge is 0.335 e. The second-order valence-corrected chi connectivity index (χ2v) is 3.81. The minimum absolute atomic E-state index is 0.00435. The van der Waals surface area contributed by atoms with Gasteiger partial charge < -0.3 is 5.11 Å². The zero-order chi connectivity index (χ0) is 11.1. The molecule has 1 saturated carbocycles. The monoisotopic (exact) mass is 212 g/mol. The molecule has 0 atom stereocenters. The van der Waals surface area contributed by atoms with Gasteiger partial charge in [-0.1, -0.05) is 18.2 Å². The predicted molar refractivity (Wildman–Crippen MR) is 50.3 cm³/mol. The van der Waals surface area contributed by atoms with Crippen LogP contribution in [0.4, 0.5) is 8.78 Å². The van der Waals surface area contributed by atoms with Crippen LogP contribution in [0, 0.1) is 0 Å². The van der Waals surface area contributed by atoms with Gasteiger partial charge in [-0.2, -0.15) is 0 Å². The summed E-state index contributed by atoms with van der Waals surface area (Å²) in [4.78, 5) is 10.9. The molecule has 0 amide bonds. The van der Waals surface area contributed by atoms with Gasteiger partial charge in [0.15, 0.2) is 0 Å². The summed E-state index contributed by atoms with van der Waals surface area (Å²) < 4.78 is 25.6. The summed E-state index contributed by atoms with van der Waals surface area (Å²) in [6, 6.07) is 6.02. The predicted octanol–water partition coefficient (Wildman–Crippen LogP) is 2.68. The molecular weight excluding hydrogens is 202 g/mol. The van der Waals surface area contributed by atoms with Gasteiger partial charge in [0.2, 0.25) is 6.43 Å². The number of carbonyl (C=O) groups is 1. The molecule has 0 spiro atoms. The molecule has 0 radical (unpaired) electrons. The van der Waals surface area contributed by atoms with Crippen molar-refractivity contribution in [1.82, 2.24) is 0 Å². The van der Waals surface area contributed by atoms with E-state index in [0.717, 1.165) is 0 Å². The second-order valence-electron chi connectivity index (χ2n) is 3.81. The van der Waals surface area contributed by atoms with Crippen LogP contribution in [0.25, 0.3) is 0 Å². The molecule has 2 rings (SSSR count). The Hall–Kier alpha value is -1.45. The number of hydrogen-bond donors (Lipinski definition) is 1. The maximum absolute atomic E-state index is 12.8. The molecule has 0 aromatic heterocycles. The molecule has 1 aliphatic carbocycles. The minimum atomic E-state index is -2.49. The van der Waals surface area contributed by atoms with Gasteiger partial charge in [-0.05, 0) is 24.5 Å². The molecule has 2 nitrogen and oxygen atoms in total. The zero-order valence-corrected chi connectivity index (χ0v) is 7.91. The number of hydrogen-bond acceptors (Lipinski definition) is 1. The summed E-state index contributed by atoms with van der Waals surface area (Å²) in [5.41, 5.74) is -0.933. The van der Waals surface area contributed by atoms with Crippen LogP contribution in [0.1, 0.15) is 28.8 Å². The third-order valence-corrected chi connectivity index (χ3v) is 2.90. The van der Waals surface area contributed by atoms with E-state index in [-0.39, 0.29) is 11.1 Å². The highest BCUT2D eigenvalue weighted by Gasteiger charge is 2.53.